The van der Waals surface area contributed by atoms with E-state index in [2.05, 4.69) is 9.83 Å². The Morgan fingerprint density at radius 3 is 2.34 bits per heavy atom. The van der Waals surface area contributed by atoms with E-state index < -0.39 is 21.4 Å². The Morgan fingerprint density at radius 2 is 1.77 bits per heavy atom. The molecule has 1 saturated heterocycles. The summed E-state index contributed by atoms with van der Waals surface area (Å²) in [4.78, 5) is 23.5. The zero-order valence-electron chi connectivity index (χ0n) is 19.4. The second-order valence-electron chi connectivity index (χ2n) is 9.24. The average molecular weight is 493 g/mol. The lowest BCUT2D eigenvalue weighted by molar-refractivity contribution is 0.0699. The molecule has 2 aliphatic rings. The maximum Gasteiger partial charge on any atom is 0.257 e. The topological polar surface area (TPSA) is 74.9 Å². The summed E-state index contributed by atoms with van der Waals surface area (Å²) in [6.45, 7) is 8.61. The first kappa shape index (κ1) is 23.4. The highest BCUT2D eigenvalue weighted by Crippen LogP contribution is 2.45. The van der Waals surface area contributed by atoms with E-state index in [0.717, 1.165) is 36.6 Å². The molecule has 2 heterocycles. The lowest BCUT2D eigenvalue weighted by Gasteiger charge is -2.33. The molecule has 0 bridgehead atoms. The van der Waals surface area contributed by atoms with Crippen LogP contribution < -0.4 is 0 Å². The van der Waals surface area contributed by atoms with E-state index in [9.17, 15) is 17.6 Å². The fourth-order valence-corrected chi connectivity index (χ4v) is 5.78. The average Bonchev–Trinajstić information content (AvgIpc) is 2.82. The van der Waals surface area contributed by atoms with Gasteiger partial charge in [-0.15, -0.1) is 0 Å². The summed E-state index contributed by atoms with van der Waals surface area (Å²) in [7, 11) is -3.32. The van der Waals surface area contributed by atoms with Gasteiger partial charge in [-0.3, -0.25) is 9.78 Å². The maximum atomic E-state index is 14.3. The zero-order valence-corrected chi connectivity index (χ0v) is 20.2. The lowest BCUT2D eigenvalue weighted by Crippen LogP contribution is -2.50. The van der Waals surface area contributed by atoms with Crippen molar-refractivity contribution >= 4 is 26.8 Å². The normalized spacial score (nSPS) is 18.1. The van der Waals surface area contributed by atoms with E-state index >= 15 is 0 Å². The molecule has 9 heteroatoms. The Hall–Kier alpha value is -3.35. The monoisotopic (exact) mass is 492 g/mol. The first-order valence-electron chi connectivity index (χ1n) is 11.5. The van der Waals surface area contributed by atoms with Crippen LogP contribution in [0.2, 0.25) is 0 Å². The summed E-state index contributed by atoms with van der Waals surface area (Å²) < 4.78 is 39.3. The molecule has 5 rings (SSSR count). The Morgan fingerprint density at radius 1 is 1.09 bits per heavy atom. The number of aromatic nitrogens is 1. The number of nitrogens with zero attached hydrogens (tertiary/aromatic N) is 4. The summed E-state index contributed by atoms with van der Waals surface area (Å²) in [5.74, 6) is -0.697. The van der Waals surface area contributed by atoms with E-state index in [-0.39, 0.29) is 32.1 Å². The lowest BCUT2D eigenvalue weighted by atomic mass is 9.72. The van der Waals surface area contributed by atoms with Crippen LogP contribution in [0.5, 0.6) is 0 Å². The largest absolute Gasteiger partial charge is 0.336 e. The third-order valence-corrected chi connectivity index (χ3v) is 8.46. The molecule has 7 nitrogen and oxygen atoms in total. The number of piperazine rings is 1. The summed E-state index contributed by atoms with van der Waals surface area (Å²) in [5.41, 5.74) is 2.72. The molecule has 0 atom stereocenters. The van der Waals surface area contributed by atoms with Crippen molar-refractivity contribution in [2.45, 2.75) is 24.8 Å². The van der Waals surface area contributed by atoms with E-state index in [1.54, 1.807) is 11.0 Å². The van der Waals surface area contributed by atoms with Gasteiger partial charge in [0.2, 0.25) is 10.0 Å². The fraction of sp³-hybridized carbons (Fsp3) is 0.346. The number of amides is 1. The van der Waals surface area contributed by atoms with Gasteiger partial charge in [0.1, 0.15) is 5.82 Å². The minimum atomic E-state index is -3.32. The van der Waals surface area contributed by atoms with Crippen molar-refractivity contribution in [3.8, 4) is 11.1 Å². The summed E-state index contributed by atoms with van der Waals surface area (Å²) in [6.07, 6.45) is 5.38. The van der Waals surface area contributed by atoms with Crippen molar-refractivity contribution in [1.29, 1.82) is 0 Å². The van der Waals surface area contributed by atoms with Crippen LogP contribution in [0.1, 0.15) is 35.2 Å². The van der Waals surface area contributed by atoms with Gasteiger partial charge < -0.3 is 9.74 Å². The molecule has 3 aromatic rings. The molecule has 1 aromatic heterocycles. The van der Waals surface area contributed by atoms with Crippen molar-refractivity contribution in [2.75, 3.05) is 32.4 Å². The summed E-state index contributed by atoms with van der Waals surface area (Å²) in [6, 6.07) is 11.9. The molecule has 0 N–H and O–H groups in total. The predicted molar refractivity (Wildman–Crippen MR) is 132 cm³/mol. The molecular formula is C26H25FN4O3S. The van der Waals surface area contributed by atoms with Crippen LogP contribution >= 0.6 is 0 Å². The van der Waals surface area contributed by atoms with Crippen molar-refractivity contribution in [3.05, 3.63) is 77.0 Å². The minimum Gasteiger partial charge on any atom is -0.336 e. The number of pyridine rings is 1. The SMILES string of the molecule is [C-]#[N+]C1(c2ccc(-c3c(C(=O)N4CCN(S(C)(=O)=O)CC4)cnc4ccc(F)cc34)cc2)CCC1. The van der Waals surface area contributed by atoms with Crippen molar-refractivity contribution in [1.82, 2.24) is 14.2 Å². The number of benzene rings is 2. The van der Waals surface area contributed by atoms with Crippen LogP contribution in [0.3, 0.4) is 0 Å². The van der Waals surface area contributed by atoms with Crippen LogP contribution in [0, 0.1) is 12.4 Å². The molecule has 1 aliphatic heterocycles. The number of fused-ring (bicyclic) bond motifs is 1. The third-order valence-electron chi connectivity index (χ3n) is 7.16. The molecule has 2 aromatic carbocycles. The van der Waals surface area contributed by atoms with Gasteiger partial charge >= 0.3 is 0 Å². The Balaban J connectivity index is 1.56. The van der Waals surface area contributed by atoms with Gasteiger partial charge in [0, 0.05) is 61.7 Å². The number of halogens is 1. The number of carbonyl (C=O) groups is 1. The smallest absolute Gasteiger partial charge is 0.257 e. The fourth-order valence-electron chi connectivity index (χ4n) is 4.95. The van der Waals surface area contributed by atoms with E-state index in [0.29, 0.717) is 22.0 Å². The van der Waals surface area contributed by atoms with E-state index in [4.69, 9.17) is 6.57 Å². The molecule has 0 unspecified atom stereocenters. The summed E-state index contributed by atoms with van der Waals surface area (Å²) >= 11 is 0. The molecule has 1 amide bonds. The quantitative estimate of drug-likeness (QED) is 0.515. The van der Waals surface area contributed by atoms with Crippen LogP contribution in [0.25, 0.3) is 26.9 Å². The first-order valence-corrected chi connectivity index (χ1v) is 13.4. The molecule has 2 fully saturated rings. The van der Waals surface area contributed by atoms with Crippen molar-refractivity contribution in [2.24, 2.45) is 0 Å². The second-order valence-corrected chi connectivity index (χ2v) is 11.2. The zero-order chi connectivity index (χ0) is 24.8. The second kappa shape index (κ2) is 8.70. The number of hydrogen-bond acceptors (Lipinski definition) is 4. The van der Waals surface area contributed by atoms with Gasteiger partial charge in [-0.2, -0.15) is 4.31 Å². The first-order chi connectivity index (χ1) is 16.7. The molecule has 1 aliphatic carbocycles. The highest BCUT2D eigenvalue weighted by atomic mass is 32.2. The predicted octanol–water partition coefficient (Wildman–Crippen LogP) is 4.06. The van der Waals surface area contributed by atoms with Gasteiger partial charge in [0.05, 0.1) is 17.3 Å². The number of hydrogen-bond donors (Lipinski definition) is 0. The van der Waals surface area contributed by atoms with Crippen LogP contribution in [-0.2, 0) is 15.6 Å². The summed E-state index contributed by atoms with van der Waals surface area (Å²) in [5, 5.41) is 0.530. The maximum absolute atomic E-state index is 14.3. The highest BCUT2D eigenvalue weighted by Gasteiger charge is 2.45. The Labute approximate surface area is 204 Å². The van der Waals surface area contributed by atoms with Crippen molar-refractivity contribution < 1.29 is 17.6 Å². The molecule has 0 spiro atoms. The molecule has 0 radical (unpaired) electrons. The molecule has 1 saturated carbocycles. The highest BCUT2D eigenvalue weighted by molar-refractivity contribution is 7.88. The molecule has 180 valence electrons. The Bertz CT molecular complexity index is 1450. The van der Waals surface area contributed by atoms with Gasteiger partial charge in [-0.25, -0.2) is 19.4 Å². The van der Waals surface area contributed by atoms with Gasteiger partial charge in [0.25, 0.3) is 11.4 Å². The van der Waals surface area contributed by atoms with Crippen LogP contribution in [-0.4, -0.2) is 60.9 Å². The van der Waals surface area contributed by atoms with Gasteiger partial charge in [-0.1, -0.05) is 24.3 Å². The van der Waals surface area contributed by atoms with Gasteiger partial charge in [0.15, 0.2) is 0 Å². The Kier molecular flexibility index (Phi) is 5.82. The number of sulfonamides is 1. The third kappa shape index (κ3) is 4.17. The van der Waals surface area contributed by atoms with Gasteiger partial charge in [-0.05, 0) is 30.2 Å². The number of rotatable bonds is 4. The molecular weight excluding hydrogens is 467 g/mol. The van der Waals surface area contributed by atoms with E-state index in [1.807, 2.05) is 24.3 Å². The van der Waals surface area contributed by atoms with E-state index in [1.165, 1.54) is 22.6 Å². The number of carbonyl (C=O) groups excluding carboxylic acids is 1. The molecule has 35 heavy (non-hydrogen) atoms. The minimum absolute atomic E-state index is 0.225. The van der Waals surface area contributed by atoms with Crippen LogP contribution in [0.15, 0.2) is 48.7 Å². The van der Waals surface area contributed by atoms with Crippen molar-refractivity contribution in [3.63, 3.8) is 0 Å². The van der Waals surface area contributed by atoms with Crippen LogP contribution in [0.4, 0.5) is 4.39 Å². The standard InChI is InChI=1S/C26H25FN4O3S/c1-28-26(10-3-11-26)19-6-4-18(5-7-19)24-21-16-20(27)8-9-23(21)29-17-22(24)25(32)30-12-14-31(15-13-30)35(2,33)34/h4-9,16-17H,3,10-15H2,2H3.